The summed E-state index contributed by atoms with van der Waals surface area (Å²) in [5.41, 5.74) is 0.181. The van der Waals surface area contributed by atoms with Gasteiger partial charge in [0.15, 0.2) is 0 Å². The van der Waals surface area contributed by atoms with Gasteiger partial charge >= 0.3 is 18.0 Å². The third-order valence-corrected chi connectivity index (χ3v) is 4.03. The fourth-order valence-corrected chi connectivity index (χ4v) is 2.91. The van der Waals surface area contributed by atoms with Crippen molar-refractivity contribution in [3.63, 3.8) is 0 Å². The van der Waals surface area contributed by atoms with Gasteiger partial charge in [-0.2, -0.15) is 0 Å². The van der Waals surface area contributed by atoms with Crippen LogP contribution in [0.25, 0.3) is 0 Å². The minimum Gasteiger partial charge on any atom is -0.444 e. The number of cyclic esters (lactones) is 1. The van der Waals surface area contributed by atoms with Gasteiger partial charge in [-0.05, 0) is 24.6 Å². The molecular weight excluding hydrogens is 339 g/mol. The number of carbonyl (C=O) groups is 1. The quantitative estimate of drug-likeness (QED) is 0.542. The van der Waals surface area contributed by atoms with E-state index in [1.54, 1.807) is 0 Å². The highest BCUT2D eigenvalue weighted by Gasteiger charge is 2.46. The number of benzene rings is 1. The summed E-state index contributed by atoms with van der Waals surface area (Å²) in [4.78, 5) is 14.1. The first-order valence-corrected chi connectivity index (χ1v) is 7.72. The Balaban J connectivity index is 1.84. The summed E-state index contributed by atoms with van der Waals surface area (Å²) in [6.07, 6.45) is -0.191. The van der Waals surface area contributed by atoms with Crippen LogP contribution in [0.4, 0.5) is 20.6 Å². The van der Waals surface area contributed by atoms with Crippen molar-refractivity contribution in [1.82, 2.24) is 0 Å². The van der Waals surface area contributed by atoms with Gasteiger partial charge in [0.05, 0.1) is 17.9 Å². The number of carbonyl (C=O) groups excluding carboxylic acids is 1. The number of nitrogens with zero attached hydrogens (tertiary/aromatic N) is 2. The molecule has 1 amide bonds. The molecule has 2 aliphatic rings. The van der Waals surface area contributed by atoms with Gasteiger partial charge in [0.1, 0.15) is 25.0 Å². The van der Waals surface area contributed by atoms with Crippen molar-refractivity contribution >= 4 is 17.5 Å². The van der Waals surface area contributed by atoms with E-state index in [0.29, 0.717) is 13.0 Å². The van der Waals surface area contributed by atoms with E-state index in [0.717, 1.165) is 11.0 Å². The molecule has 4 N–H and O–H groups in total. The van der Waals surface area contributed by atoms with Crippen LogP contribution in [0.3, 0.4) is 0 Å². The van der Waals surface area contributed by atoms with Crippen LogP contribution in [0.5, 0.6) is 0 Å². The Kier molecular flexibility index (Phi) is 4.33. The highest BCUT2D eigenvalue weighted by atomic mass is 19.1. The second-order valence-electron chi connectivity index (χ2n) is 6.10. The van der Waals surface area contributed by atoms with Crippen molar-refractivity contribution in [2.45, 2.75) is 31.4 Å². The molecule has 0 saturated carbocycles. The number of morpholine rings is 1. The minimum atomic E-state index is -2.86. The summed E-state index contributed by atoms with van der Waals surface area (Å²) in [5, 5.41) is 38.1. The zero-order chi connectivity index (χ0) is 18.4. The van der Waals surface area contributed by atoms with Crippen molar-refractivity contribution in [1.29, 1.82) is 0 Å². The maximum atomic E-state index is 14.5. The second-order valence-corrected chi connectivity index (χ2v) is 6.10. The van der Waals surface area contributed by atoms with Gasteiger partial charge < -0.3 is 30.1 Å². The standard InChI is InChI=1S/C15H19FN2O7/c1-2-10-6-18(13(19)24-10)9-3-4-12(11(16)5-9)17-7-14(20,21)25-15(22,23)8-17/h3-5,10,20-23H,2,6-8H2,1H3. The predicted octanol–water partition coefficient (Wildman–Crippen LogP) is -0.326. The van der Waals surface area contributed by atoms with Gasteiger partial charge in [0.25, 0.3) is 0 Å². The Hall–Kier alpha value is -1.98. The summed E-state index contributed by atoms with van der Waals surface area (Å²) in [5.74, 6) is -6.50. The molecule has 1 atom stereocenters. The van der Waals surface area contributed by atoms with Crippen LogP contribution in [0.1, 0.15) is 13.3 Å². The van der Waals surface area contributed by atoms with E-state index in [2.05, 4.69) is 4.74 Å². The smallest absolute Gasteiger partial charge is 0.414 e. The SMILES string of the molecule is CCC1CN(c2ccc(N3CC(O)(O)OC(O)(O)C3)c(F)c2)C(=O)O1. The van der Waals surface area contributed by atoms with Gasteiger partial charge in [-0.15, -0.1) is 0 Å². The summed E-state index contributed by atoms with van der Waals surface area (Å²) < 4.78 is 23.9. The predicted molar refractivity (Wildman–Crippen MR) is 81.9 cm³/mol. The van der Waals surface area contributed by atoms with Crippen molar-refractivity contribution in [3.8, 4) is 0 Å². The number of aliphatic hydroxyl groups is 4. The fourth-order valence-electron chi connectivity index (χ4n) is 2.91. The monoisotopic (exact) mass is 358 g/mol. The maximum absolute atomic E-state index is 14.5. The van der Waals surface area contributed by atoms with Gasteiger partial charge in [0.2, 0.25) is 0 Å². The summed E-state index contributed by atoms with van der Waals surface area (Å²) >= 11 is 0. The van der Waals surface area contributed by atoms with Gasteiger partial charge in [-0.1, -0.05) is 6.92 Å². The first-order valence-electron chi connectivity index (χ1n) is 7.72. The Morgan fingerprint density at radius 3 is 2.40 bits per heavy atom. The van der Waals surface area contributed by atoms with E-state index in [-0.39, 0.29) is 17.5 Å². The molecule has 10 heteroatoms. The number of halogens is 1. The van der Waals surface area contributed by atoms with E-state index in [1.165, 1.54) is 17.0 Å². The van der Waals surface area contributed by atoms with Crippen LogP contribution in [-0.2, 0) is 9.47 Å². The first-order chi connectivity index (χ1) is 11.6. The van der Waals surface area contributed by atoms with Crippen LogP contribution < -0.4 is 9.80 Å². The van der Waals surface area contributed by atoms with Crippen LogP contribution in [0.2, 0.25) is 0 Å². The summed E-state index contributed by atoms with van der Waals surface area (Å²) in [6.45, 7) is 0.972. The van der Waals surface area contributed by atoms with E-state index in [4.69, 9.17) is 4.74 Å². The van der Waals surface area contributed by atoms with Crippen molar-refractivity contribution in [2.75, 3.05) is 29.4 Å². The lowest BCUT2D eigenvalue weighted by molar-refractivity contribution is -0.474. The van der Waals surface area contributed by atoms with Gasteiger partial charge in [-0.25, -0.2) is 9.18 Å². The lowest BCUT2D eigenvalue weighted by Crippen LogP contribution is -2.62. The third kappa shape index (κ3) is 3.67. The zero-order valence-corrected chi connectivity index (χ0v) is 13.4. The summed E-state index contributed by atoms with van der Waals surface area (Å²) in [7, 11) is 0. The Morgan fingerprint density at radius 2 is 1.88 bits per heavy atom. The number of β-amino-alcohol motifs (C(OH)–C–C–N with tert-alkyl or cyclic N) is 4. The van der Waals surface area contributed by atoms with Crippen molar-refractivity contribution < 1.29 is 39.1 Å². The topological polar surface area (TPSA) is 123 Å². The van der Waals surface area contributed by atoms with Crippen LogP contribution in [0, 0.1) is 5.82 Å². The number of anilines is 2. The van der Waals surface area contributed by atoms with E-state index < -0.39 is 36.9 Å². The zero-order valence-electron chi connectivity index (χ0n) is 13.4. The molecule has 0 radical (unpaired) electrons. The van der Waals surface area contributed by atoms with Crippen molar-refractivity contribution in [2.24, 2.45) is 0 Å². The molecule has 1 unspecified atom stereocenters. The van der Waals surface area contributed by atoms with Crippen LogP contribution in [0.15, 0.2) is 18.2 Å². The molecule has 1 aromatic rings. The lowest BCUT2D eigenvalue weighted by Gasteiger charge is -2.42. The molecule has 0 aliphatic carbocycles. The minimum absolute atomic E-state index is 0.105. The Labute approximate surface area is 142 Å². The van der Waals surface area contributed by atoms with E-state index >= 15 is 0 Å². The first kappa shape index (κ1) is 17.8. The molecule has 2 fully saturated rings. The normalized spacial score (nSPS) is 25.2. The molecule has 1 aromatic carbocycles. The average Bonchev–Trinajstić information content (AvgIpc) is 2.85. The van der Waals surface area contributed by atoms with Crippen LogP contribution in [-0.4, -0.2) is 64.2 Å². The molecule has 25 heavy (non-hydrogen) atoms. The molecule has 2 heterocycles. The molecule has 0 bridgehead atoms. The molecule has 138 valence electrons. The Bertz CT molecular complexity index is 666. The second kappa shape index (κ2) is 6.07. The van der Waals surface area contributed by atoms with Gasteiger partial charge in [0, 0.05) is 0 Å². The largest absolute Gasteiger partial charge is 0.444 e. The molecular formula is C15H19FN2O7. The van der Waals surface area contributed by atoms with Gasteiger partial charge in [-0.3, -0.25) is 9.64 Å². The van der Waals surface area contributed by atoms with E-state index in [1.807, 2.05) is 6.92 Å². The molecule has 9 nitrogen and oxygen atoms in total. The molecule has 2 aliphatic heterocycles. The van der Waals surface area contributed by atoms with Crippen molar-refractivity contribution in [3.05, 3.63) is 24.0 Å². The highest BCUT2D eigenvalue weighted by Crippen LogP contribution is 2.32. The number of hydrogen-bond donors (Lipinski definition) is 4. The van der Waals surface area contributed by atoms with Crippen LogP contribution >= 0.6 is 0 Å². The molecule has 2 saturated heterocycles. The lowest BCUT2D eigenvalue weighted by atomic mass is 10.2. The fraction of sp³-hybridized carbons (Fsp3) is 0.533. The molecule has 0 aromatic heterocycles. The molecule has 3 rings (SSSR count). The maximum Gasteiger partial charge on any atom is 0.414 e. The average molecular weight is 358 g/mol. The third-order valence-electron chi connectivity index (χ3n) is 4.03. The number of rotatable bonds is 3. The molecule has 0 spiro atoms. The number of hydrogen-bond acceptors (Lipinski definition) is 8. The highest BCUT2D eigenvalue weighted by molar-refractivity contribution is 5.90. The van der Waals surface area contributed by atoms with E-state index in [9.17, 15) is 29.6 Å². The number of ether oxygens (including phenoxy) is 2. The Morgan fingerprint density at radius 1 is 1.24 bits per heavy atom. The summed E-state index contributed by atoms with van der Waals surface area (Å²) in [6, 6.07) is 3.85. The number of amides is 1.